The van der Waals surface area contributed by atoms with Crippen LogP contribution in [0.3, 0.4) is 0 Å². The molecule has 4 heterocycles. The number of hydrogen-bond donors (Lipinski definition) is 3. The third kappa shape index (κ3) is 3.93. The summed E-state index contributed by atoms with van der Waals surface area (Å²) in [6.07, 6.45) is -9.79. The quantitative estimate of drug-likeness (QED) is 0.613. The fourth-order valence-corrected chi connectivity index (χ4v) is 4.09. The highest BCUT2D eigenvalue weighted by atomic mass is 19.4. The van der Waals surface area contributed by atoms with Crippen molar-refractivity contribution in [3.8, 4) is 0 Å². The van der Waals surface area contributed by atoms with E-state index in [0.717, 1.165) is 12.3 Å². The van der Waals surface area contributed by atoms with Crippen molar-refractivity contribution in [2.45, 2.75) is 43.1 Å². The van der Waals surface area contributed by atoms with Crippen LogP contribution in [-0.4, -0.2) is 51.6 Å². The molecule has 7 nitrogen and oxygen atoms in total. The highest BCUT2D eigenvalue weighted by Gasteiger charge is 2.53. The number of aromatic amines is 1. The molecule has 0 saturated carbocycles. The molecule has 2 aliphatic rings. The molecule has 0 aliphatic carbocycles. The van der Waals surface area contributed by atoms with E-state index in [4.69, 9.17) is 0 Å². The summed E-state index contributed by atoms with van der Waals surface area (Å²) >= 11 is 0. The summed E-state index contributed by atoms with van der Waals surface area (Å²) in [6.45, 7) is 0.732. The molecule has 2 aliphatic heterocycles. The summed E-state index contributed by atoms with van der Waals surface area (Å²) in [5, 5.41) is 18.5. The van der Waals surface area contributed by atoms with Gasteiger partial charge in [0.25, 0.3) is 5.91 Å². The minimum atomic E-state index is -4.85. The molecule has 1 fully saturated rings. The number of halogens is 6. The van der Waals surface area contributed by atoms with E-state index in [9.17, 15) is 36.2 Å². The average Bonchev–Trinajstić information content (AvgIpc) is 3.10. The van der Waals surface area contributed by atoms with E-state index in [2.05, 4.69) is 20.5 Å². The van der Waals surface area contributed by atoms with Gasteiger partial charge >= 0.3 is 12.4 Å². The number of aliphatic hydroxyl groups is 1. The Morgan fingerprint density at radius 3 is 2.32 bits per heavy atom. The number of hydrogen-bond acceptors (Lipinski definition) is 5. The van der Waals surface area contributed by atoms with Crippen molar-refractivity contribution in [1.29, 1.82) is 0 Å². The van der Waals surface area contributed by atoms with Crippen LogP contribution in [0.5, 0.6) is 0 Å². The number of H-pyrrole nitrogens is 1. The number of nitrogens with one attached hydrogen (secondary N) is 2. The van der Waals surface area contributed by atoms with Crippen LogP contribution in [0, 0.1) is 0 Å². The second kappa shape index (κ2) is 7.39. The Morgan fingerprint density at radius 2 is 1.77 bits per heavy atom. The number of nitrogens with zero attached hydrogens (tertiary/aromatic N) is 3. The van der Waals surface area contributed by atoms with Crippen LogP contribution in [0.2, 0.25) is 0 Å². The van der Waals surface area contributed by atoms with Crippen LogP contribution in [0.4, 0.5) is 37.8 Å². The SMILES string of the molecule is O=C1Nc2[nH]nc(C3CCN(c4ccc(C(F)(F)F)nc4)CC3)c2C(C(F)(F)F)C1O. The highest BCUT2D eigenvalue weighted by Crippen LogP contribution is 2.47. The molecule has 0 bridgehead atoms. The Kier molecular flexibility index (Phi) is 5.10. The maximum absolute atomic E-state index is 13.6. The second-order valence-electron chi connectivity index (χ2n) is 7.51. The van der Waals surface area contributed by atoms with Crippen molar-refractivity contribution in [3.63, 3.8) is 0 Å². The average molecular weight is 449 g/mol. The Hall–Kier alpha value is -2.83. The zero-order valence-electron chi connectivity index (χ0n) is 15.8. The molecule has 31 heavy (non-hydrogen) atoms. The maximum atomic E-state index is 13.6. The van der Waals surface area contributed by atoms with E-state index < -0.39 is 36.0 Å². The summed E-state index contributed by atoms with van der Waals surface area (Å²) in [5.41, 5.74) is -0.671. The summed E-state index contributed by atoms with van der Waals surface area (Å²) in [7, 11) is 0. The van der Waals surface area contributed by atoms with Crippen molar-refractivity contribution < 1.29 is 36.2 Å². The third-order valence-corrected chi connectivity index (χ3v) is 5.61. The Balaban J connectivity index is 1.52. The Labute approximate surface area is 171 Å². The molecule has 13 heteroatoms. The van der Waals surface area contributed by atoms with Crippen molar-refractivity contribution in [2.75, 3.05) is 23.3 Å². The van der Waals surface area contributed by atoms with Gasteiger partial charge in [-0.15, -0.1) is 0 Å². The largest absolute Gasteiger partial charge is 0.433 e. The molecule has 0 aromatic carbocycles. The van der Waals surface area contributed by atoms with Crippen molar-refractivity contribution >= 4 is 17.4 Å². The summed E-state index contributed by atoms with van der Waals surface area (Å²) in [6, 6.07) is 2.18. The number of alkyl halides is 6. The van der Waals surface area contributed by atoms with E-state index in [1.807, 2.05) is 0 Å². The fraction of sp³-hybridized carbons (Fsp3) is 0.500. The van der Waals surface area contributed by atoms with Gasteiger partial charge in [-0.1, -0.05) is 0 Å². The topological polar surface area (TPSA) is 94.1 Å². The standard InChI is InChI=1S/C18H17F6N5O2/c19-17(20,21)10-2-1-9(7-25-10)29-5-3-8(4-6-29)13-11-12(18(22,23)24)14(30)16(31)26-15(11)28-27-13/h1-2,7-8,12,14,30H,3-6H2,(H2,26,27,28,31). The van der Waals surface area contributed by atoms with Crippen LogP contribution >= 0.6 is 0 Å². The number of carbonyl (C=O) groups excluding carboxylic acids is 1. The number of aromatic nitrogens is 3. The van der Waals surface area contributed by atoms with Crippen molar-refractivity contribution in [1.82, 2.24) is 15.2 Å². The van der Waals surface area contributed by atoms with Crippen LogP contribution < -0.4 is 10.2 Å². The number of pyridine rings is 1. The lowest BCUT2D eigenvalue weighted by Crippen LogP contribution is -2.44. The Bertz CT molecular complexity index is 963. The first-order chi connectivity index (χ1) is 14.5. The highest BCUT2D eigenvalue weighted by molar-refractivity contribution is 5.97. The molecular weight excluding hydrogens is 432 g/mol. The molecule has 3 N–H and O–H groups in total. The number of piperidine rings is 1. The van der Waals surface area contributed by atoms with Gasteiger partial charge in [-0.25, -0.2) is 4.98 Å². The maximum Gasteiger partial charge on any atom is 0.433 e. The van der Waals surface area contributed by atoms with Gasteiger partial charge in [0, 0.05) is 24.6 Å². The fourth-order valence-electron chi connectivity index (χ4n) is 4.09. The minimum absolute atomic E-state index is 0.126. The zero-order chi connectivity index (χ0) is 22.6. The normalized spacial score (nSPS) is 22.9. The molecule has 4 rings (SSSR count). The van der Waals surface area contributed by atoms with Crippen molar-refractivity contribution in [2.24, 2.45) is 0 Å². The predicted octanol–water partition coefficient (Wildman–Crippen LogP) is 3.17. The van der Waals surface area contributed by atoms with Gasteiger partial charge in [-0.3, -0.25) is 9.89 Å². The van der Waals surface area contributed by atoms with Crippen LogP contribution in [-0.2, 0) is 11.0 Å². The van der Waals surface area contributed by atoms with E-state index in [1.54, 1.807) is 4.90 Å². The second-order valence-corrected chi connectivity index (χ2v) is 7.51. The predicted molar refractivity (Wildman–Crippen MR) is 95.4 cm³/mol. The zero-order valence-corrected chi connectivity index (χ0v) is 15.8. The number of anilines is 2. The molecule has 0 spiro atoms. The van der Waals surface area contributed by atoms with E-state index in [0.29, 0.717) is 31.6 Å². The van der Waals surface area contributed by atoms with E-state index >= 15 is 0 Å². The van der Waals surface area contributed by atoms with Gasteiger partial charge in [0.2, 0.25) is 0 Å². The summed E-state index contributed by atoms with van der Waals surface area (Å²) in [4.78, 5) is 16.9. The first-order valence-electron chi connectivity index (χ1n) is 9.39. The molecule has 2 aromatic heterocycles. The van der Waals surface area contributed by atoms with Gasteiger partial charge in [-0.05, 0) is 25.0 Å². The molecule has 1 amide bonds. The molecule has 0 radical (unpaired) electrons. The van der Waals surface area contributed by atoms with Crippen LogP contribution in [0.1, 0.15) is 41.6 Å². The molecule has 2 unspecified atom stereocenters. The van der Waals surface area contributed by atoms with Gasteiger partial charge < -0.3 is 15.3 Å². The number of fused-ring (bicyclic) bond motifs is 1. The van der Waals surface area contributed by atoms with Gasteiger partial charge in [-0.2, -0.15) is 31.4 Å². The van der Waals surface area contributed by atoms with Crippen molar-refractivity contribution in [3.05, 3.63) is 35.3 Å². The first kappa shape index (κ1) is 21.4. The van der Waals surface area contributed by atoms with Gasteiger partial charge in [0.05, 0.1) is 17.6 Å². The van der Waals surface area contributed by atoms with Gasteiger partial charge in [0.15, 0.2) is 0 Å². The van der Waals surface area contributed by atoms with E-state index in [-0.39, 0.29) is 23.0 Å². The smallest absolute Gasteiger partial charge is 0.382 e. The molecule has 2 atom stereocenters. The first-order valence-corrected chi connectivity index (χ1v) is 9.39. The molecule has 1 saturated heterocycles. The monoisotopic (exact) mass is 449 g/mol. The number of amides is 1. The summed E-state index contributed by atoms with van der Waals surface area (Å²) in [5.74, 6) is -4.11. The van der Waals surface area contributed by atoms with Crippen LogP contribution in [0.15, 0.2) is 18.3 Å². The molecule has 168 valence electrons. The molecular formula is C18H17F6N5O2. The Morgan fingerprint density at radius 1 is 1.10 bits per heavy atom. The lowest BCUT2D eigenvalue weighted by atomic mass is 9.83. The lowest BCUT2D eigenvalue weighted by Gasteiger charge is -2.35. The number of aliphatic hydroxyl groups excluding tert-OH is 1. The van der Waals surface area contributed by atoms with Crippen LogP contribution in [0.25, 0.3) is 0 Å². The van der Waals surface area contributed by atoms with Gasteiger partial charge in [0.1, 0.15) is 23.5 Å². The summed E-state index contributed by atoms with van der Waals surface area (Å²) < 4.78 is 78.8. The third-order valence-electron chi connectivity index (χ3n) is 5.61. The lowest BCUT2D eigenvalue weighted by molar-refractivity contribution is -0.177. The minimum Gasteiger partial charge on any atom is -0.382 e. The van der Waals surface area contributed by atoms with E-state index in [1.165, 1.54) is 6.07 Å². The number of rotatable bonds is 2. The number of carbonyl (C=O) groups is 1. The molecule has 2 aromatic rings.